The summed E-state index contributed by atoms with van der Waals surface area (Å²) in [6.45, 7) is 2.73. The first kappa shape index (κ1) is 21.3. The summed E-state index contributed by atoms with van der Waals surface area (Å²) in [6, 6.07) is 16.5. The molecule has 1 aromatic heterocycles. The summed E-state index contributed by atoms with van der Waals surface area (Å²) in [5.41, 5.74) is 1.83. The Kier molecular flexibility index (Phi) is 6.49. The van der Waals surface area contributed by atoms with Gasteiger partial charge >= 0.3 is 5.63 Å². The Bertz CT molecular complexity index is 1120. The van der Waals surface area contributed by atoms with Crippen LogP contribution in [0.2, 0.25) is 0 Å². The molecular formula is C25H28N2O4. The maximum atomic E-state index is 13.4. The first-order valence-corrected chi connectivity index (χ1v) is 10.7. The van der Waals surface area contributed by atoms with Crippen molar-refractivity contribution in [1.29, 1.82) is 0 Å². The molecule has 0 aliphatic carbocycles. The summed E-state index contributed by atoms with van der Waals surface area (Å²) in [7, 11) is 3.99. The van der Waals surface area contributed by atoms with E-state index in [0.717, 1.165) is 31.4 Å². The van der Waals surface area contributed by atoms with Crippen LogP contribution in [0.15, 0.2) is 63.8 Å². The number of fused-ring (bicyclic) bond motifs is 1. The third-order valence-corrected chi connectivity index (χ3v) is 5.61. The number of para-hydroxylation sites is 1. The van der Waals surface area contributed by atoms with Crippen LogP contribution in [0.5, 0.6) is 0 Å². The molecule has 1 atom stereocenters. The van der Waals surface area contributed by atoms with E-state index in [2.05, 4.69) is 4.90 Å². The molecule has 0 spiro atoms. The first-order valence-electron chi connectivity index (χ1n) is 10.7. The van der Waals surface area contributed by atoms with Gasteiger partial charge < -0.3 is 19.0 Å². The smallest absolute Gasteiger partial charge is 0.344 e. The molecule has 6 nitrogen and oxygen atoms in total. The normalized spacial score (nSPS) is 16.2. The lowest BCUT2D eigenvalue weighted by Gasteiger charge is -2.27. The average Bonchev–Trinajstić information content (AvgIpc) is 3.29. The van der Waals surface area contributed by atoms with Gasteiger partial charge in [0, 0.05) is 37.2 Å². The minimum atomic E-state index is -0.410. The second-order valence-electron chi connectivity index (χ2n) is 8.26. The fourth-order valence-electron chi connectivity index (χ4n) is 3.90. The van der Waals surface area contributed by atoms with Gasteiger partial charge in [0.1, 0.15) is 5.58 Å². The van der Waals surface area contributed by atoms with Gasteiger partial charge in [0.05, 0.1) is 11.7 Å². The number of amides is 1. The zero-order valence-electron chi connectivity index (χ0n) is 18.0. The molecule has 1 amide bonds. The van der Waals surface area contributed by atoms with Crippen molar-refractivity contribution in [1.82, 2.24) is 9.80 Å². The van der Waals surface area contributed by atoms with Crippen molar-refractivity contribution in [2.75, 3.05) is 40.3 Å². The summed E-state index contributed by atoms with van der Waals surface area (Å²) >= 11 is 0. The number of carbonyl (C=O) groups is 1. The van der Waals surface area contributed by atoms with E-state index in [1.165, 1.54) is 0 Å². The molecule has 0 N–H and O–H groups in total. The topological polar surface area (TPSA) is 63.0 Å². The number of rotatable bonds is 7. The number of hydrogen-bond acceptors (Lipinski definition) is 5. The Morgan fingerprint density at radius 3 is 2.68 bits per heavy atom. The zero-order chi connectivity index (χ0) is 21.8. The fourth-order valence-corrected chi connectivity index (χ4v) is 3.90. The lowest BCUT2D eigenvalue weighted by Crippen LogP contribution is -2.41. The van der Waals surface area contributed by atoms with Crippen LogP contribution in [0.25, 0.3) is 22.1 Å². The highest BCUT2D eigenvalue weighted by Gasteiger charge is 2.24. The molecule has 31 heavy (non-hydrogen) atoms. The number of benzene rings is 2. The number of carbonyl (C=O) groups excluding carboxylic acids is 1. The largest absolute Gasteiger partial charge is 0.422 e. The van der Waals surface area contributed by atoms with Crippen molar-refractivity contribution in [3.63, 3.8) is 0 Å². The van der Waals surface area contributed by atoms with Crippen molar-refractivity contribution >= 4 is 16.9 Å². The molecule has 2 heterocycles. The van der Waals surface area contributed by atoms with Gasteiger partial charge in [0.15, 0.2) is 0 Å². The standard InChI is InChI=1S/C25H28N2O4/c1-26(2)12-13-27(17-21-10-6-14-30-21)24(28)20-9-5-8-18(15-20)22-16-19-7-3-4-11-23(19)31-25(22)29/h3-5,7-9,11,15-16,21H,6,10,12-14,17H2,1-2H3. The van der Waals surface area contributed by atoms with E-state index in [4.69, 9.17) is 9.15 Å². The average molecular weight is 421 g/mol. The van der Waals surface area contributed by atoms with Crippen molar-refractivity contribution in [2.45, 2.75) is 18.9 Å². The monoisotopic (exact) mass is 420 g/mol. The Morgan fingerprint density at radius 1 is 1.06 bits per heavy atom. The van der Waals surface area contributed by atoms with Gasteiger partial charge in [-0.2, -0.15) is 0 Å². The second kappa shape index (κ2) is 9.45. The van der Waals surface area contributed by atoms with Gasteiger partial charge in [-0.3, -0.25) is 4.79 Å². The molecule has 1 aliphatic rings. The summed E-state index contributed by atoms with van der Waals surface area (Å²) in [5, 5.41) is 0.847. The van der Waals surface area contributed by atoms with E-state index in [1.807, 2.05) is 55.4 Å². The Hall–Kier alpha value is -2.96. The van der Waals surface area contributed by atoms with Gasteiger partial charge in [-0.25, -0.2) is 4.79 Å². The Labute approximate surface area is 182 Å². The van der Waals surface area contributed by atoms with Crippen LogP contribution in [-0.4, -0.2) is 62.1 Å². The first-order chi connectivity index (χ1) is 15.0. The van der Waals surface area contributed by atoms with Crippen molar-refractivity contribution in [3.8, 4) is 11.1 Å². The third-order valence-electron chi connectivity index (χ3n) is 5.61. The van der Waals surface area contributed by atoms with Crippen LogP contribution in [0.3, 0.4) is 0 Å². The quantitative estimate of drug-likeness (QED) is 0.546. The van der Waals surface area contributed by atoms with Gasteiger partial charge in [-0.05, 0) is 56.8 Å². The van der Waals surface area contributed by atoms with E-state index < -0.39 is 5.63 Å². The lowest BCUT2D eigenvalue weighted by molar-refractivity contribution is 0.0512. The third kappa shape index (κ3) is 5.03. The van der Waals surface area contributed by atoms with Crippen LogP contribution >= 0.6 is 0 Å². The summed E-state index contributed by atoms with van der Waals surface area (Å²) in [6.07, 6.45) is 2.10. The molecule has 0 radical (unpaired) electrons. The molecule has 1 aliphatic heterocycles. The number of likely N-dealkylation sites (N-methyl/N-ethyl adjacent to an activating group) is 1. The van der Waals surface area contributed by atoms with Crippen molar-refractivity contribution < 1.29 is 13.9 Å². The fraction of sp³-hybridized carbons (Fsp3) is 0.360. The minimum absolute atomic E-state index is 0.0515. The van der Waals surface area contributed by atoms with Crippen LogP contribution in [0.4, 0.5) is 0 Å². The molecule has 2 aromatic carbocycles. The molecule has 6 heteroatoms. The maximum absolute atomic E-state index is 13.4. The van der Waals surface area contributed by atoms with Gasteiger partial charge in [0.2, 0.25) is 0 Å². The predicted octanol–water partition coefficient (Wildman–Crippen LogP) is 3.64. The van der Waals surface area contributed by atoms with Crippen LogP contribution < -0.4 is 5.63 Å². The molecule has 0 bridgehead atoms. The number of ether oxygens (including phenoxy) is 1. The van der Waals surface area contributed by atoms with E-state index in [9.17, 15) is 9.59 Å². The number of nitrogens with zero attached hydrogens (tertiary/aromatic N) is 2. The Balaban J connectivity index is 1.63. The SMILES string of the molecule is CN(C)CCN(CC1CCCO1)C(=O)c1cccc(-c2cc3ccccc3oc2=O)c1. The summed E-state index contributed by atoms with van der Waals surface area (Å²) < 4.78 is 11.2. The highest BCUT2D eigenvalue weighted by Crippen LogP contribution is 2.23. The highest BCUT2D eigenvalue weighted by atomic mass is 16.5. The van der Waals surface area contributed by atoms with E-state index >= 15 is 0 Å². The van der Waals surface area contributed by atoms with Crippen LogP contribution in [-0.2, 0) is 4.74 Å². The molecule has 1 saturated heterocycles. The Morgan fingerprint density at radius 2 is 1.90 bits per heavy atom. The highest BCUT2D eigenvalue weighted by molar-refractivity contribution is 5.95. The molecule has 162 valence electrons. The molecule has 1 fully saturated rings. The molecule has 3 aromatic rings. The van der Waals surface area contributed by atoms with Crippen molar-refractivity contribution in [2.24, 2.45) is 0 Å². The molecular weight excluding hydrogens is 392 g/mol. The second-order valence-corrected chi connectivity index (χ2v) is 8.26. The van der Waals surface area contributed by atoms with Gasteiger partial charge in [-0.15, -0.1) is 0 Å². The zero-order valence-corrected chi connectivity index (χ0v) is 18.0. The van der Waals surface area contributed by atoms with Crippen LogP contribution in [0, 0.1) is 0 Å². The van der Waals surface area contributed by atoms with Crippen molar-refractivity contribution in [3.05, 3.63) is 70.6 Å². The summed E-state index contributed by atoms with van der Waals surface area (Å²) in [5.74, 6) is -0.0515. The van der Waals surface area contributed by atoms with Crippen LogP contribution in [0.1, 0.15) is 23.2 Å². The maximum Gasteiger partial charge on any atom is 0.344 e. The summed E-state index contributed by atoms with van der Waals surface area (Å²) in [4.78, 5) is 29.9. The van der Waals surface area contributed by atoms with Gasteiger partial charge in [-0.1, -0.05) is 30.3 Å². The van der Waals surface area contributed by atoms with E-state index in [1.54, 1.807) is 18.2 Å². The van der Waals surface area contributed by atoms with E-state index in [-0.39, 0.29) is 12.0 Å². The molecule has 1 unspecified atom stereocenters. The number of hydrogen-bond donors (Lipinski definition) is 0. The predicted molar refractivity (Wildman–Crippen MR) is 121 cm³/mol. The minimum Gasteiger partial charge on any atom is -0.422 e. The molecule has 4 rings (SSSR count). The lowest BCUT2D eigenvalue weighted by atomic mass is 10.0. The molecule has 0 saturated carbocycles. The van der Waals surface area contributed by atoms with Gasteiger partial charge in [0.25, 0.3) is 5.91 Å². The van der Waals surface area contributed by atoms with E-state index in [0.29, 0.717) is 35.4 Å².